The highest BCUT2D eigenvalue weighted by molar-refractivity contribution is 6.09. The van der Waals surface area contributed by atoms with Crippen LogP contribution in [0.2, 0.25) is 6.32 Å². The third-order valence-corrected chi connectivity index (χ3v) is 0.893. The molecule has 0 bridgehead atoms. The summed E-state index contributed by atoms with van der Waals surface area (Å²) in [7, 11) is 5.18. The molecule has 54 valence electrons. The molecule has 0 atom stereocenters. The van der Waals surface area contributed by atoms with Crippen molar-refractivity contribution in [1.29, 1.82) is 0 Å². The number of esters is 1. The van der Waals surface area contributed by atoms with Gasteiger partial charge in [0.15, 0.2) is 0 Å². The van der Waals surface area contributed by atoms with Crippen LogP contribution >= 0.6 is 0 Å². The van der Waals surface area contributed by atoms with E-state index in [9.17, 15) is 4.79 Å². The zero-order chi connectivity index (χ0) is 7.82. The maximum atomic E-state index is 10.2. The van der Waals surface area contributed by atoms with E-state index in [1.165, 1.54) is 6.92 Å². The molecule has 0 saturated heterocycles. The molecule has 0 unspecified atom stereocenters. The molecular weight excluding hydrogens is 127 g/mol. The first-order chi connectivity index (χ1) is 4.77. The minimum Gasteiger partial charge on any atom is -0.466 e. The van der Waals surface area contributed by atoms with E-state index < -0.39 is 0 Å². The third-order valence-electron chi connectivity index (χ3n) is 0.893. The summed E-state index contributed by atoms with van der Waals surface area (Å²) < 4.78 is 4.66. The highest BCUT2D eigenvalue weighted by Crippen LogP contribution is 1.87. The van der Waals surface area contributed by atoms with Gasteiger partial charge in [-0.1, -0.05) is 18.5 Å². The molecule has 0 amide bonds. The van der Waals surface area contributed by atoms with Gasteiger partial charge >= 0.3 is 5.97 Å². The van der Waals surface area contributed by atoms with Crippen LogP contribution in [0.3, 0.4) is 0 Å². The van der Waals surface area contributed by atoms with Crippen LogP contribution in [0.4, 0.5) is 0 Å². The quantitative estimate of drug-likeness (QED) is 0.251. The first kappa shape index (κ1) is 9.27. The number of rotatable bonds is 4. The summed E-state index contributed by atoms with van der Waals surface area (Å²) in [6.07, 6.45) is 5.02. The lowest BCUT2D eigenvalue weighted by atomic mass is 10.1. The predicted molar refractivity (Wildman–Crippen MR) is 41.0 cm³/mol. The predicted octanol–water partition coefficient (Wildman–Crippen LogP) is 1.08. The van der Waals surface area contributed by atoms with Crippen LogP contribution in [0.25, 0.3) is 0 Å². The van der Waals surface area contributed by atoms with E-state index in [0.717, 1.165) is 6.42 Å². The molecule has 0 aromatic rings. The fourth-order valence-corrected chi connectivity index (χ4v) is 0.485. The number of allylic oxidation sites excluding steroid dienone is 1. The van der Waals surface area contributed by atoms with Crippen molar-refractivity contribution in [3.63, 3.8) is 0 Å². The monoisotopic (exact) mass is 138 g/mol. The zero-order valence-corrected chi connectivity index (χ0v) is 6.17. The van der Waals surface area contributed by atoms with Gasteiger partial charge in [-0.3, -0.25) is 4.79 Å². The second-order valence-electron chi connectivity index (χ2n) is 1.84. The van der Waals surface area contributed by atoms with Gasteiger partial charge in [-0.15, -0.1) is 0 Å². The van der Waals surface area contributed by atoms with Gasteiger partial charge < -0.3 is 4.74 Å². The molecule has 0 aliphatic rings. The van der Waals surface area contributed by atoms with Crippen molar-refractivity contribution < 1.29 is 9.53 Å². The summed E-state index contributed by atoms with van der Waals surface area (Å²) in [5.74, 6) is -0.235. The molecule has 0 heterocycles. The fraction of sp³-hybridized carbons (Fsp3) is 0.571. The van der Waals surface area contributed by atoms with Gasteiger partial charge in [-0.25, -0.2) is 0 Å². The average Bonchev–Trinajstić information content (AvgIpc) is 1.87. The Balaban J connectivity index is 3.05. The maximum absolute atomic E-state index is 10.2. The largest absolute Gasteiger partial charge is 0.466 e. The summed E-state index contributed by atoms with van der Waals surface area (Å²) in [5.41, 5.74) is 0. The molecule has 0 saturated carbocycles. The molecule has 0 fully saturated rings. The van der Waals surface area contributed by atoms with E-state index in [1.54, 1.807) is 0 Å². The lowest BCUT2D eigenvalue weighted by Gasteiger charge is -1.95. The Bertz CT molecular complexity index is 121. The second-order valence-corrected chi connectivity index (χ2v) is 1.84. The summed E-state index contributed by atoms with van der Waals surface area (Å²) in [5, 5.41) is 0. The van der Waals surface area contributed by atoms with Crippen molar-refractivity contribution in [2.45, 2.75) is 19.7 Å². The van der Waals surface area contributed by atoms with Crippen LogP contribution in [-0.2, 0) is 9.53 Å². The van der Waals surface area contributed by atoms with Crippen LogP contribution < -0.4 is 0 Å². The first-order valence-electron chi connectivity index (χ1n) is 3.26. The Morgan fingerprint density at radius 3 is 2.80 bits per heavy atom. The number of ether oxygens (including phenoxy) is 1. The van der Waals surface area contributed by atoms with Crippen molar-refractivity contribution in [2.75, 3.05) is 6.61 Å². The molecule has 2 nitrogen and oxygen atoms in total. The molecule has 0 aliphatic heterocycles. The highest BCUT2D eigenvalue weighted by Gasteiger charge is 1.87. The van der Waals surface area contributed by atoms with E-state index in [0.29, 0.717) is 12.9 Å². The Hall–Kier alpha value is -0.725. The fourth-order valence-electron chi connectivity index (χ4n) is 0.485. The van der Waals surface area contributed by atoms with Crippen LogP contribution in [0.15, 0.2) is 12.2 Å². The minimum atomic E-state index is -0.235. The van der Waals surface area contributed by atoms with Crippen LogP contribution in [0.5, 0.6) is 0 Å². The van der Waals surface area contributed by atoms with Crippen molar-refractivity contribution in [2.24, 2.45) is 0 Å². The summed E-state index contributed by atoms with van der Waals surface area (Å²) >= 11 is 0. The number of carbonyl (C=O) groups excluding carboxylic acids is 1. The second kappa shape index (κ2) is 6.40. The Kier molecular flexibility index (Phi) is 5.93. The molecule has 0 aliphatic carbocycles. The molecule has 0 rings (SSSR count). The molecule has 0 N–H and O–H groups in total. The van der Waals surface area contributed by atoms with E-state index in [2.05, 4.69) is 4.74 Å². The van der Waals surface area contributed by atoms with Gasteiger partial charge in [-0.2, -0.15) is 0 Å². The highest BCUT2D eigenvalue weighted by atomic mass is 16.5. The molecule has 10 heavy (non-hydrogen) atoms. The van der Waals surface area contributed by atoms with E-state index >= 15 is 0 Å². The van der Waals surface area contributed by atoms with Crippen LogP contribution in [0, 0.1) is 0 Å². The first-order valence-corrected chi connectivity index (χ1v) is 3.26. The van der Waals surface area contributed by atoms with Crippen molar-refractivity contribution >= 4 is 13.8 Å². The van der Waals surface area contributed by atoms with Gasteiger partial charge in [0.25, 0.3) is 0 Å². The number of hydrogen-bond acceptors (Lipinski definition) is 2. The number of carbonyl (C=O) groups is 1. The summed E-state index contributed by atoms with van der Waals surface area (Å²) in [6.45, 7) is 1.85. The average molecular weight is 138 g/mol. The van der Waals surface area contributed by atoms with Gasteiger partial charge in [0.05, 0.1) is 14.5 Å². The lowest BCUT2D eigenvalue weighted by molar-refractivity contribution is -0.140. The van der Waals surface area contributed by atoms with Gasteiger partial charge in [0.1, 0.15) is 0 Å². The third kappa shape index (κ3) is 7.27. The molecular formula is C7H11BO2. The Labute approximate surface area is 62.7 Å². The molecule has 0 aromatic carbocycles. The standard InChI is InChI=1S/C7H11BO2/c1-7(9)10-6-4-2-3-5-8/h2-3H,4-6H2,1H3. The zero-order valence-electron chi connectivity index (χ0n) is 6.17. The maximum Gasteiger partial charge on any atom is 0.302 e. The van der Waals surface area contributed by atoms with Gasteiger partial charge in [0.2, 0.25) is 0 Å². The topological polar surface area (TPSA) is 26.3 Å². The van der Waals surface area contributed by atoms with Gasteiger partial charge in [0, 0.05) is 6.92 Å². The van der Waals surface area contributed by atoms with Crippen LogP contribution in [-0.4, -0.2) is 20.4 Å². The van der Waals surface area contributed by atoms with Gasteiger partial charge in [-0.05, 0) is 6.42 Å². The SMILES string of the molecule is [B]CC=CCCOC(C)=O. The van der Waals surface area contributed by atoms with Crippen molar-refractivity contribution in [1.82, 2.24) is 0 Å². The minimum absolute atomic E-state index is 0.235. The van der Waals surface area contributed by atoms with E-state index in [-0.39, 0.29) is 5.97 Å². The molecule has 2 radical (unpaired) electrons. The normalized spacial score (nSPS) is 10.1. The molecule has 0 spiro atoms. The molecule has 3 heteroatoms. The Morgan fingerprint density at radius 2 is 2.30 bits per heavy atom. The van der Waals surface area contributed by atoms with Crippen LogP contribution in [0.1, 0.15) is 13.3 Å². The van der Waals surface area contributed by atoms with Crippen molar-refractivity contribution in [3.05, 3.63) is 12.2 Å². The summed E-state index contributed by atoms with van der Waals surface area (Å²) in [6, 6.07) is 0. The van der Waals surface area contributed by atoms with E-state index in [1.807, 2.05) is 12.2 Å². The Morgan fingerprint density at radius 1 is 1.60 bits per heavy atom. The van der Waals surface area contributed by atoms with Crippen molar-refractivity contribution in [3.8, 4) is 0 Å². The number of hydrogen-bond donors (Lipinski definition) is 0. The smallest absolute Gasteiger partial charge is 0.302 e. The molecule has 0 aromatic heterocycles. The lowest BCUT2D eigenvalue weighted by Crippen LogP contribution is -1.98. The summed E-state index contributed by atoms with van der Waals surface area (Å²) in [4.78, 5) is 10.2. The van der Waals surface area contributed by atoms with E-state index in [4.69, 9.17) is 7.85 Å².